The highest BCUT2D eigenvalue weighted by atomic mass is 32.2. The van der Waals surface area contributed by atoms with Crippen molar-refractivity contribution in [1.29, 1.82) is 5.26 Å². The van der Waals surface area contributed by atoms with Crippen LogP contribution in [0.1, 0.15) is 5.56 Å². The van der Waals surface area contributed by atoms with E-state index in [1.807, 2.05) is 0 Å². The van der Waals surface area contributed by atoms with Gasteiger partial charge in [0.05, 0.1) is 7.11 Å². The van der Waals surface area contributed by atoms with Crippen molar-refractivity contribution in [2.75, 3.05) is 11.8 Å². The van der Waals surface area contributed by atoms with E-state index in [0.29, 0.717) is 11.3 Å². The van der Waals surface area contributed by atoms with E-state index in [-0.39, 0.29) is 5.69 Å². The Kier molecular flexibility index (Phi) is 4.98. The predicted octanol–water partition coefficient (Wildman–Crippen LogP) is 3.14. The summed E-state index contributed by atoms with van der Waals surface area (Å²) in [5, 5.41) is 9.17. The highest BCUT2D eigenvalue weighted by Gasteiger charge is 2.18. The van der Waals surface area contributed by atoms with Crippen LogP contribution in [0.2, 0.25) is 0 Å². The second kappa shape index (κ2) is 6.94. The molecule has 2 aromatic rings. The van der Waals surface area contributed by atoms with Crippen molar-refractivity contribution in [2.45, 2.75) is 0 Å². The molecule has 7 heteroatoms. The van der Waals surface area contributed by atoms with Gasteiger partial charge in [-0.05, 0) is 36.4 Å². The number of hydrogen-bond acceptors (Lipinski definition) is 4. The molecule has 5 nitrogen and oxygen atoms in total. The van der Waals surface area contributed by atoms with Crippen LogP contribution in [0, 0.1) is 17.1 Å². The van der Waals surface area contributed by atoms with Crippen molar-refractivity contribution < 1.29 is 17.5 Å². The lowest BCUT2D eigenvalue weighted by atomic mass is 10.2. The van der Waals surface area contributed by atoms with E-state index in [1.54, 1.807) is 30.3 Å². The summed E-state index contributed by atoms with van der Waals surface area (Å²) >= 11 is 0. The van der Waals surface area contributed by atoms with E-state index in [9.17, 15) is 18.1 Å². The Balaban J connectivity index is 2.37. The minimum absolute atomic E-state index is 0.160. The number of sulfonamides is 1. The average molecular weight is 332 g/mol. The first-order valence-electron chi connectivity index (χ1n) is 6.49. The summed E-state index contributed by atoms with van der Waals surface area (Å²) < 4.78 is 44.8. The zero-order valence-corrected chi connectivity index (χ0v) is 13.0. The Morgan fingerprint density at radius 2 is 1.87 bits per heavy atom. The first-order chi connectivity index (χ1) is 11.0. The monoisotopic (exact) mass is 332 g/mol. The van der Waals surface area contributed by atoms with E-state index in [2.05, 4.69) is 4.72 Å². The summed E-state index contributed by atoms with van der Waals surface area (Å²) in [5.74, 6) is -0.0461. The van der Waals surface area contributed by atoms with E-state index < -0.39 is 20.7 Å². The molecule has 0 aliphatic heterocycles. The molecule has 0 unspecified atom stereocenters. The number of nitriles is 1. The number of nitrogens with zero attached hydrogens (tertiary/aromatic N) is 1. The minimum atomic E-state index is -4.09. The van der Waals surface area contributed by atoms with Crippen molar-refractivity contribution in [2.24, 2.45) is 0 Å². The average Bonchev–Trinajstić information content (AvgIpc) is 2.54. The van der Waals surface area contributed by atoms with Gasteiger partial charge in [0.1, 0.15) is 17.6 Å². The Labute approximate surface area is 133 Å². The Morgan fingerprint density at radius 1 is 1.22 bits per heavy atom. The normalized spacial score (nSPS) is 11.6. The van der Waals surface area contributed by atoms with Crippen LogP contribution in [-0.4, -0.2) is 15.5 Å². The van der Waals surface area contributed by atoms with E-state index in [4.69, 9.17) is 4.74 Å². The van der Waals surface area contributed by atoms with Gasteiger partial charge in [-0.3, -0.25) is 4.72 Å². The maximum Gasteiger partial charge on any atom is 0.272 e. The van der Waals surface area contributed by atoms with Crippen LogP contribution >= 0.6 is 0 Å². The molecular weight excluding hydrogens is 319 g/mol. The van der Waals surface area contributed by atoms with Crippen LogP contribution in [0.4, 0.5) is 10.1 Å². The predicted molar refractivity (Wildman–Crippen MR) is 85.5 cm³/mol. The second-order valence-electron chi connectivity index (χ2n) is 4.47. The number of benzene rings is 2. The van der Waals surface area contributed by atoms with Gasteiger partial charge >= 0.3 is 0 Å². The quantitative estimate of drug-likeness (QED) is 0.853. The maximum absolute atomic E-state index is 12.9. The number of methoxy groups -OCH3 is 1. The van der Waals surface area contributed by atoms with Gasteiger partial charge in [0.15, 0.2) is 4.91 Å². The fourth-order valence-electron chi connectivity index (χ4n) is 1.82. The van der Waals surface area contributed by atoms with Gasteiger partial charge in [-0.2, -0.15) is 5.26 Å². The largest absolute Gasteiger partial charge is 0.496 e. The maximum atomic E-state index is 12.9. The van der Waals surface area contributed by atoms with Crippen LogP contribution < -0.4 is 9.46 Å². The molecule has 0 spiro atoms. The van der Waals surface area contributed by atoms with Crippen LogP contribution in [0.15, 0.2) is 53.4 Å². The van der Waals surface area contributed by atoms with Crippen molar-refractivity contribution in [1.82, 2.24) is 0 Å². The highest BCUT2D eigenvalue weighted by molar-refractivity contribution is 7.96. The lowest BCUT2D eigenvalue weighted by Gasteiger charge is -2.08. The first-order valence-corrected chi connectivity index (χ1v) is 7.98. The standard InChI is InChI=1S/C16H13FN2O3S/c1-22-16-5-3-2-4-12(16)10-15(11-18)23(20,21)19-14-8-6-13(17)7-9-14/h2-10,19H,1H3. The fraction of sp³-hybridized carbons (Fsp3) is 0.0625. The molecule has 0 amide bonds. The van der Waals surface area contributed by atoms with Crippen molar-refractivity contribution in [3.8, 4) is 11.8 Å². The zero-order valence-electron chi connectivity index (χ0n) is 12.2. The smallest absolute Gasteiger partial charge is 0.272 e. The van der Waals surface area contributed by atoms with Gasteiger partial charge < -0.3 is 4.74 Å². The third-order valence-corrected chi connectivity index (χ3v) is 4.21. The summed E-state index contributed by atoms with van der Waals surface area (Å²) in [4.78, 5) is -0.480. The van der Waals surface area contributed by atoms with Crippen LogP contribution in [0.3, 0.4) is 0 Å². The number of anilines is 1. The Morgan fingerprint density at radius 3 is 2.48 bits per heavy atom. The lowest BCUT2D eigenvalue weighted by molar-refractivity contribution is 0.414. The number of ether oxygens (including phenoxy) is 1. The number of nitrogens with one attached hydrogen (secondary N) is 1. The van der Waals surface area contributed by atoms with Gasteiger partial charge in [0, 0.05) is 11.3 Å². The topological polar surface area (TPSA) is 79.2 Å². The molecule has 0 aliphatic carbocycles. The molecular formula is C16H13FN2O3S. The molecule has 0 saturated heterocycles. The van der Waals surface area contributed by atoms with Gasteiger partial charge in [-0.1, -0.05) is 18.2 Å². The molecule has 0 fully saturated rings. The summed E-state index contributed by atoms with van der Waals surface area (Å²) in [6, 6.07) is 13.1. The fourth-order valence-corrected chi connectivity index (χ4v) is 2.78. The molecule has 0 atom stereocenters. The summed E-state index contributed by atoms with van der Waals surface area (Å²) in [6.07, 6.45) is 1.21. The number of hydrogen-bond donors (Lipinski definition) is 1. The number of rotatable bonds is 5. The summed E-state index contributed by atoms with van der Waals surface area (Å²) in [7, 11) is -2.64. The zero-order chi connectivity index (χ0) is 16.9. The SMILES string of the molecule is COc1ccccc1C=C(C#N)S(=O)(=O)Nc1ccc(F)cc1. The molecule has 0 bridgehead atoms. The van der Waals surface area contributed by atoms with Crippen molar-refractivity contribution in [3.05, 3.63) is 64.8 Å². The Hall–Kier alpha value is -2.85. The van der Waals surface area contributed by atoms with Crippen LogP contribution in [0.5, 0.6) is 5.75 Å². The van der Waals surface area contributed by atoms with Gasteiger partial charge in [-0.25, -0.2) is 12.8 Å². The molecule has 2 aromatic carbocycles. The minimum Gasteiger partial charge on any atom is -0.496 e. The van der Waals surface area contributed by atoms with E-state index >= 15 is 0 Å². The molecule has 0 aromatic heterocycles. The van der Waals surface area contributed by atoms with Crippen molar-refractivity contribution >= 4 is 21.8 Å². The molecule has 2 rings (SSSR count). The second-order valence-corrected chi connectivity index (χ2v) is 6.13. The molecule has 1 N–H and O–H groups in total. The Bertz CT molecular complexity index is 869. The molecule has 0 aliphatic rings. The first kappa shape index (κ1) is 16.5. The molecule has 0 radical (unpaired) electrons. The molecule has 0 heterocycles. The summed E-state index contributed by atoms with van der Waals surface area (Å²) in [5.41, 5.74) is 0.614. The van der Waals surface area contributed by atoms with Gasteiger partial charge in [-0.15, -0.1) is 0 Å². The molecule has 23 heavy (non-hydrogen) atoms. The van der Waals surface area contributed by atoms with E-state index in [1.165, 1.54) is 25.3 Å². The number of para-hydroxylation sites is 1. The third-order valence-electron chi connectivity index (χ3n) is 2.92. The third kappa shape index (κ3) is 4.08. The molecule has 118 valence electrons. The van der Waals surface area contributed by atoms with Gasteiger partial charge in [0.2, 0.25) is 0 Å². The molecule has 0 saturated carbocycles. The summed E-state index contributed by atoms with van der Waals surface area (Å²) in [6.45, 7) is 0. The van der Waals surface area contributed by atoms with E-state index in [0.717, 1.165) is 12.1 Å². The van der Waals surface area contributed by atoms with Crippen LogP contribution in [0.25, 0.3) is 6.08 Å². The lowest BCUT2D eigenvalue weighted by Crippen LogP contribution is -2.14. The van der Waals surface area contributed by atoms with Crippen molar-refractivity contribution in [3.63, 3.8) is 0 Å². The van der Waals surface area contributed by atoms with Gasteiger partial charge in [0.25, 0.3) is 10.0 Å². The van der Waals surface area contributed by atoms with Crippen LogP contribution in [-0.2, 0) is 10.0 Å². The number of allylic oxidation sites excluding steroid dienone is 1. The number of halogens is 1. The highest BCUT2D eigenvalue weighted by Crippen LogP contribution is 2.23.